The molecule has 164 valence electrons. The summed E-state index contributed by atoms with van der Waals surface area (Å²) in [5.74, 6) is 1.32. The number of nitrogens with one attached hydrogen (secondary N) is 1. The molecule has 0 aliphatic rings. The Bertz CT molecular complexity index is 1330. The first-order valence-electron chi connectivity index (χ1n) is 10.4. The van der Waals surface area contributed by atoms with E-state index in [-0.39, 0.29) is 12.4 Å². The van der Waals surface area contributed by atoms with Gasteiger partial charge in [-0.1, -0.05) is 30.3 Å². The van der Waals surface area contributed by atoms with Gasteiger partial charge in [-0.2, -0.15) is 5.26 Å². The van der Waals surface area contributed by atoms with Crippen LogP contribution in [0.5, 0.6) is 11.5 Å². The standard InChI is InChI=1S/C27H22FN3O2/c1-3-6-20-13-19(14-21(16-29)27-30-23-7-4-5-8-24(23)31-27)15-25(32-2)26(20)33-17-18-9-11-22(28)12-10-18/h3-5,7-15H,1,6,17H2,2H3,(H,30,31)/b21-14+. The van der Waals surface area contributed by atoms with Crippen LogP contribution < -0.4 is 9.47 Å². The summed E-state index contributed by atoms with van der Waals surface area (Å²) < 4.78 is 24.8. The summed E-state index contributed by atoms with van der Waals surface area (Å²) in [5.41, 5.74) is 4.53. The van der Waals surface area contributed by atoms with E-state index in [1.807, 2.05) is 36.4 Å². The number of benzene rings is 3. The van der Waals surface area contributed by atoms with Crippen molar-refractivity contribution in [3.63, 3.8) is 0 Å². The fourth-order valence-electron chi connectivity index (χ4n) is 3.53. The largest absolute Gasteiger partial charge is 0.493 e. The second-order valence-corrected chi connectivity index (χ2v) is 7.39. The summed E-state index contributed by atoms with van der Waals surface area (Å²) in [6, 6.07) is 19.8. The molecule has 3 aromatic carbocycles. The average molecular weight is 439 g/mol. The van der Waals surface area contributed by atoms with Crippen LogP contribution in [0.25, 0.3) is 22.7 Å². The Morgan fingerprint density at radius 3 is 2.67 bits per heavy atom. The van der Waals surface area contributed by atoms with Gasteiger partial charge >= 0.3 is 0 Å². The Balaban J connectivity index is 1.69. The summed E-state index contributed by atoms with van der Waals surface area (Å²) >= 11 is 0. The lowest BCUT2D eigenvalue weighted by Crippen LogP contribution is -2.02. The highest BCUT2D eigenvalue weighted by atomic mass is 19.1. The van der Waals surface area contributed by atoms with Crippen LogP contribution in [-0.4, -0.2) is 17.1 Å². The number of aromatic amines is 1. The second kappa shape index (κ2) is 9.84. The quantitative estimate of drug-likeness (QED) is 0.267. The van der Waals surface area contributed by atoms with Crippen molar-refractivity contribution in [2.75, 3.05) is 7.11 Å². The number of H-pyrrole nitrogens is 1. The summed E-state index contributed by atoms with van der Waals surface area (Å²) in [5, 5.41) is 9.77. The molecule has 0 atom stereocenters. The van der Waals surface area contributed by atoms with Crippen LogP contribution in [0.4, 0.5) is 4.39 Å². The van der Waals surface area contributed by atoms with Gasteiger partial charge in [0.25, 0.3) is 0 Å². The number of allylic oxidation sites excluding steroid dienone is 2. The molecular weight excluding hydrogens is 417 g/mol. The first-order valence-corrected chi connectivity index (χ1v) is 10.4. The minimum absolute atomic E-state index is 0.262. The molecule has 33 heavy (non-hydrogen) atoms. The Kier molecular flexibility index (Phi) is 6.51. The molecular formula is C27H22FN3O2. The molecule has 0 amide bonds. The van der Waals surface area contributed by atoms with E-state index >= 15 is 0 Å². The van der Waals surface area contributed by atoms with Crippen LogP contribution >= 0.6 is 0 Å². The zero-order chi connectivity index (χ0) is 23.2. The van der Waals surface area contributed by atoms with Gasteiger partial charge < -0.3 is 14.5 Å². The molecule has 0 unspecified atom stereocenters. The van der Waals surface area contributed by atoms with Gasteiger partial charge in [0.1, 0.15) is 24.3 Å². The van der Waals surface area contributed by atoms with Crippen LogP contribution in [0.2, 0.25) is 0 Å². The van der Waals surface area contributed by atoms with Gasteiger partial charge in [0, 0.05) is 5.56 Å². The van der Waals surface area contributed by atoms with Gasteiger partial charge in [-0.15, -0.1) is 6.58 Å². The monoisotopic (exact) mass is 439 g/mol. The number of nitriles is 1. The second-order valence-electron chi connectivity index (χ2n) is 7.39. The van der Waals surface area contributed by atoms with Crippen molar-refractivity contribution in [2.24, 2.45) is 0 Å². The number of nitrogens with zero attached hydrogens (tertiary/aromatic N) is 2. The van der Waals surface area contributed by atoms with E-state index in [9.17, 15) is 9.65 Å². The molecule has 5 nitrogen and oxygen atoms in total. The Morgan fingerprint density at radius 1 is 1.18 bits per heavy atom. The van der Waals surface area contributed by atoms with Gasteiger partial charge in [0.2, 0.25) is 0 Å². The van der Waals surface area contributed by atoms with Gasteiger partial charge in [0.15, 0.2) is 11.5 Å². The molecule has 1 N–H and O–H groups in total. The lowest BCUT2D eigenvalue weighted by Gasteiger charge is -2.16. The topological polar surface area (TPSA) is 70.9 Å². The predicted molar refractivity (Wildman–Crippen MR) is 127 cm³/mol. The van der Waals surface area contributed by atoms with Crippen molar-refractivity contribution in [3.8, 4) is 17.6 Å². The lowest BCUT2D eigenvalue weighted by molar-refractivity contribution is 0.282. The lowest BCUT2D eigenvalue weighted by atomic mass is 10.0. The minimum atomic E-state index is -0.294. The van der Waals surface area contributed by atoms with Crippen molar-refractivity contribution in [3.05, 3.63) is 102 Å². The van der Waals surface area contributed by atoms with Gasteiger partial charge in [-0.25, -0.2) is 9.37 Å². The van der Waals surface area contributed by atoms with Crippen molar-refractivity contribution in [1.82, 2.24) is 9.97 Å². The van der Waals surface area contributed by atoms with Crippen LogP contribution in [0.15, 0.2) is 73.3 Å². The number of ether oxygens (including phenoxy) is 2. The summed E-state index contributed by atoms with van der Waals surface area (Å²) in [6.07, 6.45) is 4.08. The van der Waals surface area contributed by atoms with E-state index < -0.39 is 0 Å². The number of halogens is 1. The Morgan fingerprint density at radius 2 is 1.97 bits per heavy atom. The molecule has 0 bridgehead atoms. The molecule has 6 heteroatoms. The van der Waals surface area contributed by atoms with Gasteiger partial charge in [0.05, 0.1) is 23.7 Å². The van der Waals surface area contributed by atoms with E-state index in [0.29, 0.717) is 29.3 Å². The van der Waals surface area contributed by atoms with E-state index in [1.54, 1.807) is 31.4 Å². The molecule has 1 aromatic heterocycles. The molecule has 0 radical (unpaired) electrons. The molecule has 0 aliphatic heterocycles. The summed E-state index contributed by atoms with van der Waals surface area (Å²) in [6.45, 7) is 4.10. The van der Waals surface area contributed by atoms with Crippen LogP contribution in [0.3, 0.4) is 0 Å². The van der Waals surface area contributed by atoms with Crippen molar-refractivity contribution < 1.29 is 13.9 Å². The highest BCUT2D eigenvalue weighted by Gasteiger charge is 2.14. The molecule has 4 aromatic rings. The maximum Gasteiger partial charge on any atom is 0.165 e. The van der Waals surface area contributed by atoms with Gasteiger partial charge in [-0.3, -0.25) is 0 Å². The SMILES string of the molecule is C=CCc1cc(/C=C(\C#N)c2nc3ccccc3[nH]2)cc(OC)c1OCc1ccc(F)cc1. The molecule has 0 saturated carbocycles. The Labute approximate surface area is 191 Å². The van der Waals surface area contributed by atoms with E-state index in [0.717, 1.165) is 27.7 Å². The zero-order valence-electron chi connectivity index (χ0n) is 18.1. The smallest absolute Gasteiger partial charge is 0.165 e. The number of rotatable bonds is 8. The molecule has 0 saturated heterocycles. The highest BCUT2D eigenvalue weighted by molar-refractivity contribution is 5.90. The first kappa shape index (κ1) is 21.8. The minimum Gasteiger partial charge on any atom is -0.493 e. The van der Waals surface area contributed by atoms with Crippen LogP contribution in [0.1, 0.15) is 22.5 Å². The maximum atomic E-state index is 13.2. The number of fused-ring (bicyclic) bond motifs is 1. The van der Waals surface area contributed by atoms with Crippen LogP contribution in [0, 0.1) is 17.1 Å². The van der Waals surface area contributed by atoms with Crippen molar-refractivity contribution in [2.45, 2.75) is 13.0 Å². The summed E-state index contributed by atoms with van der Waals surface area (Å²) in [7, 11) is 1.57. The first-order chi connectivity index (χ1) is 16.1. The van der Waals surface area contributed by atoms with Crippen LogP contribution in [-0.2, 0) is 13.0 Å². The number of hydrogen-bond donors (Lipinski definition) is 1. The van der Waals surface area contributed by atoms with Crippen molar-refractivity contribution >= 4 is 22.7 Å². The number of para-hydroxylation sites is 2. The molecule has 0 aliphatic carbocycles. The highest BCUT2D eigenvalue weighted by Crippen LogP contribution is 2.35. The van der Waals surface area contributed by atoms with Gasteiger partial charge in [-0.05, 0) is 60.0 Å². The normalized spacial score (nSPS) is 11.2. The summed E-state index contributed by atoms with van der Waals surface area (Å²) in [4.78, 5) is 7.71. The molecule has 0 fully saturated rings. The number of aromatic nitrogens is 2. The third-order valence-electron chi connectivity index (χ3n) is 5.11. The predicted octanol–water partition coefficient (Wildman–Crippen LogP) is 6.08. The number of hydrogen-bond acceptors (Lipinski definition) is 4. The third kappa shape index (κ3) is 4.94. The fraction of sp³-hybridized carbons (Fsp3) is 0.111. The van der Waals surface area contributed by atoms with E-state index in [1.165, 1.54) is 12.1 Å². The fourth-order valence-corrected chi connectivity index (χ4v) is 3.53. The van der Waals surface area contributed by atoms with Crippen molar-refractivity contribution in [1.29, 1.82) is 5.26 Å². The number of imidazole rings is 1. The zero-order valence-corrected chi connectivity index (χ0v) is 18.1. The third-order valence-corrected chi connectivity index (χ3v) is 5.11. The van der Waals surface area contributed by atoms with E-state index in [4.69, 9.17) is 9.47 Å². The molecule has 0 spiro atoms. The Hall–Kier alpha value is -4.37. The average Bonchev–Trinajstić information content (AvgIpc) is 3.27. The molecule has 4 rings (SSSR count). The maximum absolute atomic E-state index is 13.2. The van der Waals surface area contributed by atoms with E-state index in [2.05, 4.69) is 22.6 Å². The number of methoxy groups -OCH3 is 1. The molecule has 1 heterocycles.